The maximum atomic E-state index is 14.6. The van der Waals surface area contributed by atoms with Crippen molar-refractivity contribution in [3.05, 3.63) is 126 Å². The monoisotopic (exact) mass is 508 g/mol. The first kappa shape index (κ1) is 26.4. The quantitative estimate of drug-likeness (QED) is 0.199. The Morgan fingerprint density at radius 2 is 1.45 bits per heavy atom. The molecule has 192 valence electrons. The highest BCUT2D eigenvalue weighted by Gasteiger charge is 2.19. The molecule has 0 aliphatic rings. The van der Waals surface area contributed by atoms with Gasteiger partial charge in [0.05, 0.1) is 13.7 Å². The molecule has 0 saturated heterocycles. The zero-order valence-corrected chi connectivity index (χ0v) is 21.6. The minimum atomic E-state index is -0.551. The van der Waals surface area contributed by atoms with Gasteiger partial charge in [0.15, 0.2) is 0 Å². The summed E-state index contributed by atoms with van der Waals surface area (Å²) in [5, 5.41) is 0. The molecule has 5 nitrogen and oxygen atoms in total. The lowest BCUT2D eigenvalue weighted by atomic mass is 10.0. The number of nitrogens with zero attached hydrogens (tertiary/aromatic N) is 2. The molecule has 0 fully saturated rings. The highest BCUT2D eigenvalue weighted by Crippen LogP contribution is 2.26. The van der Waals surface area contributed by atoms with Crippen LogP contribution in [0.5, 0.6) is 0 Å². The van der Waals surface area contributed by atoms with Crippen LogP contribution in [0.25, 0.3) is 17.2 Å². The van der Waals surface area contributed by atoms with Crippen molar-refractivity contribution in [1.82, 2.24) is 0 Å². The number of hydrogen-bond donors (Lipinski definition) is 0. The number of ether oxygens (including phenoxy) is 1. The van der Waals surface area contributed by atoms with Gasteiger partial charge in [-0.15, -0.1) is 0 Å². The van der Waals surface area contributed by atoms with E-state index in [-0.39, 0.29) is 12.5 Å². The van der Waals surface area contributed by atoms with Crippen LogP contribution in [0.15, 0.2) is 103 Å². The second-order valence-electron chi connectivity index (χ2n) is 8.99. The molecule has 4 aromatic carbocycles. The fourth-order valence-electron chi connectivity index (χ4n) is 4.03. The summed E-state index contributed by atoms with van der Waals surface area (Å²) in [6, 6.07) is 29.4. The maximum Gasteiger partial charge on any atom is 0.330 e. The van der Waals surface area contributed by atoms with Crippen molar-refractivity contribution >= 4 is 29.3 Å². The fraction of sp³-hybridized carbons (Fsp3) is 0.125. The van der Waals surface area contributed by atoms with E-state index >= 15 is 0 Å². The summed E-state index contributed by atoms with van der Waals surface area (Å²) in [6.45, 7) is 0.233. The Morgan fingerprint density at radius 1 is 0.816 bits per heavy atom. The van der Waals surface area contributed by atoms with E-state index in [1.54, 1.807) is 30.3 Å². The maximum absolute atomic E-state index is 14.6. The highest BCUT2D eigenvalue weighted by molar-refractivity contribution is 6.06. The molecule has 0 saturated carbocycles. The van der Waals surface area contributed by atoms with Gasteiger partial charge in [-0.3, -0.25) is 4.79 Å². The van der Waals surface area contributed by atoms with Crippen LogP contribution in [0.1, 0.15) is 21.5 Å². The Labute approximate surface area is 222 Å². The van der Waals surface area contributed by atoms with Gasteiger partial charge in [-0.2, -0.15) is 0 Å². The molecule has 0 atom stereocenters. The van der Waals surface area contributed by atoms with E-state index in [1.807, 2.05) is 49.3 Å². The van der Waals surface area contributed by atoms with Crippen LogP contribution in [0.3, 0.4) is 0 Å². The Bertz CT molecular complexity index is 1430. The van der Waals surface area contributed by atoms with Gasteiger partial charge in [0.2, 0.25) is 0 Å². The molecule has 0 aliphatic heterocycles. The van der Waals surface area contributed by atoms with E-state index in [2.05, 4.69) is 29.0 Å². The van der Waals surface area contributed by atoms with Crippen molar-refractivity contribution in [2.75, 3.05) is 31.0 Å². The minimum Gasteiger partial charge on any atom is -0.466 e. The highest BCUT2D eigenvalue weighted by atomic mass is 19.1. The molecule has 0 aromatic heterocycles. The van der Waals surface area contributed by atoms with E-state index in [4.69, 9.17) is 0 Å². The molecule has 0 aliphatic carbocycles. The van der Waals surface area contributed by atoms with Crippen LogP contribution in [0, 0.1) is 5.82 Å². The SMILES string of the molecule is COC(=O)/C=C/c1cc(F)cc(N(Cc2ccc(-c3ccc(N(C)C)cc3)cc2)C(=O)c2ccccc2)c1. The van der Waals surface area contributed by atoms with Crippen LogP contribution in [0.4, 0.5) is 15.8 Å². The second-order valence-corrected chi connectivity index (χ2v) is 8.99. The normalized spacial score (nSPS) is 10.8. The molecule has 38 heavy (non-hydrogen) atoms. The summed E-state index contributed by atoms with van der Waals surface area (Å²) in [5.41, 5.74) is 5.46. The Morgan fingerprint density at radius 3 is 2.05 bits per heavy atom. The Balaban J connectivity index is 1.65. The van der Waals surface area contributed by atoms with Gasteiger partial charge in [-0.1, -0.05) is 54.6 Å². The van der Waals surface area contributed by atoms with Crippen LogP contribution in [0.2, 0.25) is 0 Å². The first-order valence-corrected chi connectivity index (χ1v) is 12.1. The molecule has 0 unspecified atom stereocenters. The van der Waals surface area contributed by atoms with Gasteiger partial charge < -0.3 is 14.5 Å². The van der Waals surface area contributed by atoms with Gasteiger partial charge >= 0.3 is 5.97 Å². The third-order valence-electron chi connectivity index (χ3n) is 6.11. The molecule has 4 rings (SSSR count). The number of halogens is 1. The number of hydrogen-bond acceptors (Lipinski definition) is 4. The van der Waals surface area contributed by atoms with Crippen molar-refractivity contribution in [2.45, 2.75) is 6.54 Å². The topological polar surface area (TPSA) is 49.9 Å². The van der Waals surface area contributed by atoms with Crippen LogP contribution in [-0.4, -0.2) is 33.1 Å². The van der Waals surface area contributed by atoms with E-state index < -0.39 is 11.8 Å². The Kier molecular flexibility index (Phi) is 8.34. The zero-order valence-electron chi connectivity index (χ0n) is 21.6. The van der Waals surface area contributed by atoms with Crippen molar-refractivity contribution in [2.24, 2.45) is 0 Å². The number of carbonyl (C=O) groups excluding carboxylic acids is 2. The summed E-state index contributed by atoms with van der Waals surface area (Å²) in [6.07, 6.45) is 2.67. The van der Waals surface area contributed by atoms with Gasteiger partial charge in [-0.05, 0) is 70.8 Å². The molecule has 0 spiro atoms. The van der Waals surface area contributed by atoms with Gasteiger partial charge in [-0.25, -0.2) is 9.18 Å². The third kappa shape index (κ3) is 6.53. The number of amides is 1. The van der Waals surface area contributed by atoms with E-state index in [0.29, 0.717) is 16.8 Å². The largest absolute Gasteiger partial charge is 0.466 e. The first-order chi connectivity index (χ1) is 18.3. The van der Waals surface area contributed by atoms with Crippen molar-refractivity contribution < 1.29 is 18.7 Å². The van der Waals surface area contributed by atoms with Gasteiger partial charge in [0.1, 0.15) is 5.82 Å². The van der Waals surface area contributed by atoms with Crippen molar-refractivity contribution in [3.8, 4) is 11.1 Å². The Hall–Kier alpha value is -4.71. The van der Waals surface area contributed by atoms with E-state index in [9.17, 15) is 14.0 Å². The summed E-state index contributed by atoms with van der Waals surface area (Å²) in [7, 11) is 5.28. The van der Waals surface area contributed by atoms with Gasteiger partial charge in [0, 0.05) is 37.1 Å². The first-order valence-electron chi connectivity index (χ1n) is 12.1. The molecule has 6 heteroatoms. The summed E-state index contributed by atoms with van der Waals surface area (Å²) >= 11 is 0. The van der Waals surface area contributed by atoms with Gasteiger partial charge in [0.25, 0.3) is 5.91 Å². The summed E-state index contributed by atoms with van der Waals surface area (Å²) < 4.78 is 19.3. The zero-order chi connectivity index (χ0) is 27.1. The lowest BCUT2D eigenvalue weighted by Crippen LogP contribution is -2.30. The average molecular weight is 509 g/mol. The van der Waals surface area contributed by atoms with E-state index in [0.717, 1.165) is 22.4 Å². The standard InChI is InChI=1S/C32H29FN2O3/c1-34(2)29-16-14-26(15-17-29)25-12-9-23(10-13-25)22-35(32(37)27-7-5-4-6-8-27)30-20-24(19-28(33)21-30)11-18-31(36)38-3/h4-21H,22H2,1-3H3/b18-11+. The molecule has 0 bridgehead atoms. The molecular formula is C32H29FN2O3. The van der Waals surface area contributed by atoms with E-state index in [1.165, 1.54) is 36.3 Å². The lowest BCUT2D eigenvalue weighted by Gasteiger charge is -2.24. The number of esters is 1. The molecule has 0 radical (unpaired) electrons. The predicted octanol–water partition coefficient (Wildman–Crippen LogP) is 6.59. The van der Waals surface area contributed by atoms with Crippen LogP contribution < -0.4 is 9.80 Å². The minimum absolute atomic E-state index is 0.233. The number of anilines is 2. The lowest BCUT2D eigenvalue weighted by molar-refractivity contribution is -0.134. The summed E-state index contributed by atoms with van der Waals surface area (Å²) in [4.78, 5) is 28.7. The third-order valence-corrected chi connectivity index (χ3v) is 6.11. The number of benzene rings is 4. The molecule has 0 N–H and O–H groups in total. The number of methoxy groups -OCH3 is 1. The predicted molar refractivity (Wildman–Crippen MR) is 151 cm³/mol. The van der Waals surface area contributed by atoms with Crippen molar-refractivity contribution in [3.63, 3.8) is 0 Å². The summed E-state index contributed by atoms with van der Waals surface area (Å²) in [5.74, 6) is -1.33. The smallest absolute Gasteiger partial charge is 0.330 e. The van der Waals surface area contributed by atoms with Crippen molar-refractivity contribution in [1.29, 1.82) is 0 Å². The molecule has 0 heterocycles. The van der Waals surface area contributed by atoms with Crippen LogP contribution >= 0.6 is 0 Å². The number of carbonyl (C=O) groups is 2. The second kappa shape index (κ2) is 12.0. The fourth-order valence-corrected chi connectivity index (χ4v) is 4.03. The van der Waals surface area contributed by atoms with Crippen LogP contribution in [-0.2, 0) is 16.1 Å². The molecule has 1 amide bonds. The molecular weight excluding hydrogens is 479 g/mol. The molecule has 4 aromatic rings. The number of rotatable bonds is 8. The average Bonchev–Trinajstić information content (AvgIpc) is 2.94.